The number of carbonyl (C=O) groups is 2. The number of benzene rings is 2. The Morgan fingerprint density at radius 3 is 2.33 bits per heavy atom. The van der Waals surface area contributed by atoms with Gasteiger partial charge in [0, 0.05) is 29.8 Å². The van der Waals surface area contributed by atoms with Gasteiger partial charge in [0.15, 0.2) is 0 Å². The summed E-state index contributed by atoms with van der Waals surface area (Å²) >= 11 is 0. The summed E-state index contributed by atoms with van der Waals surface area (Å²) in [5, 5.41) is 3.10. The number of aryl methyl sites for hydroxylation is 2. The van der Waals surface area contributed by atoms with E-state index in [1.165, 1.54) is 22.4 Å². The van der Waals surface area contributed by atoms with E-state index < -0.39 is 11.2 Å². The van der Waals surface area contributed by atoms with Gasteiger partial charge in [-0.2, -0.15) is 0 Å². The fourth-order valence-electron chi connectivity index (χ4n) is 7.48. The van der Waals surface area contributed by atoms with Gasteiger partial charge < -0.3 is 24.8 Å². The Bertz CT molecular complexity index is 1840. The highest BCUT2D eigenvalue weighted by Crippen LogP contribution is 2.40. The number of carbonyl (C=O) groups excluding carboxylic acids is 2. The Morgan fingerprint density at radius 2 is 1.57 bits per heavy atom. The molecule has 3 heterocycles. The van der Waals surface area contributed by atoms with E-state index in [0.717, 1.165) is 79.1 Å². The Morgan fingerprint density at radius 1 is 0.837 bits per heavy atom. The monoisotopic (exact) mass is 664 g/mol. The number of aromatic nitrogens is 4. The van der Waals surface area contributed by atoms with Crippen molar-refractivity contribution in [3.05, 3.63) is 71.6 Å². The molecule has 258 valence electrons. The van der Waals surface area contributed by atoms with Crippen LogP contribution in [0.1, 0.15) is 109 Å². The van der Waals surface area contributed by atoms with Crippen LogP contribution in [0.4, 0.5) is 9.59 Å². The summed E-state index contributed by atoms with van der Waals surface area (Å²) in [5.41, 5.74) is 7.91. The molecular formula is C39H48N6O4. The molecule has 2 aliphatic carbocycles. The third-order valence-corrected chi connectivity index (χ3v) is 9.69. The molecule has 2 aromatic heterocycles. The van der Waals surface area contributed by atoms with Crippen LogP contribution in [-0.2, 0) is 22.3 Å². The van der Waals surface area contributed by atoms with Gasteiger partial charge in [0.05, 0.1) is 23.6 Å². The van der Waals surface area contributed by atoms with Gasteiger partial charge in [0.1, 0.15) is 22.9 Å². The number of aromatic amines is 2. The zero-order chi connectivity index (χ0) is 34.5. The number of amides is 2. The summed E-state index contributed by atoms with van der Waals surface area (Å²) in [5.74, 6) is 1.90. The number of alkyl carbamates (subject to hydrolysis) is 1. The minimum atomic E-state index is -0.535. The summed E-state index contributed by atoms with van der Waals surface area (Å²) in [6, 6.07) is 15.1. The average molecular weight is 665 g/mol. The highest BCUT2D eigenvalue weighted by atomic mass is 16.6. The minimum Gasteiger partial charge on any atom is -0.444 e. The molecule has 1 aliphatic heterocycles. The second-order valence-electron chi connectivity index (χ2n) is 15.7. The number of rotatable bonds is 5. The summed E-state index contributed by atoms with van der Waals surface area (Å²) in [6.07, 6.45) is 7.78. The average Bonchev–Trinajstić information content (AvgIpc) is 3.84. The lowest BCUT2D eigenvalue weighted by atomic mass is 9.89. The van der Waals surface area contributed by atoms with Gasteiger partial charge in [0.2, 0.25) is 0 Å². The number of likely N-dealkylation sites (tertiary alicyclic amines) is 1. The normalized spacial score (nSPS) is 20.5. The molecule has 7 rings (SSSR count). The number of nitrogens with zero attached hydrogens (tertiary/aromatic N) is 3. The van der Waals surface area contributed by atoms with Crippen LogP contribution < -0.4 is 5.32 Å². The van der Waals surface area contributed by atoms with Crippen molar-refractivity contribution in [2.45, 2.75) is 116 Å². The molecule has 10 nitrogen and oxygen atoms in total. The molecule has 0 spiro atoms. The van der Waals surface area contributed by atoms with E-state index in [9.17, 15) is 9.59 Å². The second-order valence-corrected chi connectivity index (χ2v) is 15.7. The van der Waals surface area contributed by atoms with Crippen molar-refractivity contribution in [1.29, 1.82) is 0 Å². The van der Waals surface area contributed by atoms with Gasteiger partial charge in [0.25, 0.3) is 0 Å². The highest BCUT2D eigenvalue weighted by Gasteiger charge is 2.36. The topological polar surface area (TPSA) is 125 Å². The number of hydrogen-bond acceptors (Lipinski definition) is 6. The first kappa shape index (κ1) is 32.9. The van der Waals surface area contributed by atoms with Gasteiger partial charge in [-0.25, -0.2) is 19.6 Å². The molecule has 0 bridgehead atoms. The maximum absolute atomic E-state index is 12.8. The molecule has 2 aromatic carbocycles. The number of H-pyrrole nitrogens is 2. The van der Waals surface area contributed by atoms with E-state index in [2.05, 4.69) is 62.7 Å². The van der Waals surface area contributed by atoms with Gasteiger partial charge >= 0.3 is 12.2 Å². The number of fused-ring (bicyclic) bond motifs is 3. The van der Waals surface area contributed by atoms with Crippen molar-refractivity contribution in [3.8, 4) is 33.6 Å². The molecule has 3 atom stereocenters. The lowest BCUT2D eigenvalue weighted by Gasteiger charge is -2.27. The first-order valence-electron chi connectivity index (χ1n) is 17.7. The Balaban J connectivity index is 1.04. The molecule has 0 radical (unpaired) electrons. The first-order chi connectivity index (χ1) is 23.3. The van der Waals surface area contributed by atoms with Gasteiger partial charge in [-0.1, -0.05) is 48.9 Å². The summed E-state index contributed by atoms with van der Waals surface area (Å²) < 4.78 is 11.2. The third-order valence-electron chi connectivity index (χ3n) is 9.69. The lowest BCUT2D eigenvalue weighted by Crippen LogP contribution is -2.40. The predicted molar refractivity (Wildman–Crippen MR) is 189 cm³/mol. The number of imidazole rings is 2. The van der Waals surface area contributed by atoms with E-state index in [4.69, 9.17) is 14.5 Å². The van der Waals surface area contributed by atoms with Crippen LogP contribution >= 0.6 is 0 Å². The zero-order valence-electron chi connectivity index (χ0n) is 29.5. The molecule has 3 aliphatic rings. The van der Waals surface area contributed by atoms with E-state index >= 15 is 0 Å². The molecule has 1 saturated heterocycles. The molecule has 2 fully saturated rings. The van der Waals surface area contributed by atoms with E-state index in [-0.39, 0.29) is 30.2 Å². The van der Waals surface area contributed by atoms with Gasteiger partial charge in [-0.3, -0.25) is 4.90 Å². The maximum Gasteiger partial charge on any atom is 0.410 e. The number of hydrogen-bond donors (Lipinski definition) is 3. The van der Waals surface area contributed by atoms with Crippen molar-refractivity contribution < 1.29 is 19.1 Å². The maximum atomic E-state index is 12.8. The van der Waals surface area contributed by atoms with Crippen LogP contribution in [0.2, 0.25) is 0 Å². The van der Waals surface area contributed by atoms with Crippen LogP contribution in [0.3, 0.4) is 0 Å². The minimum absolute atomic E-state index is 0.00950. The van der Waals surface area contributed by atoms with Crippen molar-refractivity contribution >= 4 is 12.2 Å². The summed E-state index contributed by atoms with van der Waals surface area (Å²) in [6.45, 7) is 12.0. The summed E-state index contributed by atoms with van der Waals surface area (Å²) in [7, 11) is 0. The van der Waals surface area contributed by atoms with Crippen LogP contribution in [-0.4, -0.2) is 60.8 Å². The van der Waals surface area contributed by atoms with Crippen molar-refractivity contribution in [2.24, 2.45) is 0 Å². The molecule has 10 heteroatoms. The second kappa shape index (κ2) is 12.7. The van der Waals surface area contributed by atoms with E-state index in [1.54, 1.807) is 4.90 Å². The quantitative estimate of drug-likeness (QED) is 0.197. The Labute approximate surface area is 288 Å². The molecule has 4 aromatic rings. The Kier molecular flexibility index (Phi) is 8.53. The van der Waals surface area contributed by atoms with Crippen LogP contribution in [0.25, 0.3) is 33.6 Å². The molecule has 49 heavy (non-hydrogen) atoms. The molecule has 1 unspecified atom stereocenters. The molecule has 2 amide bonds. The molecule has 1 saturated carbocycles. The first-order valence-corrected chi connectivity index (χ1v) is 17.7. The van der Waals surface area contributed by atoms with Crippen LogP contribution in [0, 0.1) is 0 Å². The van der Waals surface area contributed by atoms with Crippen molar-refractivity contribution in [3.63, 3.8) is 0 Å². The largest absolute Gasteiger partial charge is 0.444 e. The molecule has 3 N–H and O–H groups in total. The van der Waals surface area contributed by atoms with Crippen LogP contribution in [0.15, 0.2) is 48.7 Å². The molecular weight excluding hydrogens is 616 g/mol. The lowest BCUT2D eigenvalue weighted by molar-refractivity contribution is 0.0218. The SMILES string of the molecule is CC(C)(C)OC(=O)N[C@H]1CCC[C@H]1c1nc2c([nH]1)CCc1cc(-c3ccc(-c4cnc(C5CCCN5C(=O)OC(C)(C)C)[nH]4)cc3)ccc1-2. The third kappa shape index (κ3) is 7.09. The number of nitrogens with one attached hydrogen (secondary N) is 3. The fourth-order valence-corrected chi connectivity index (χ4v) is 7.48. The van der Waals surface area contributed by atoms with Crippen molar-refractivity contribution in [1.82, 2.24) is 30.2 Å². The summed E-state index contributed by atoms with van der Waals surface area (Å²) in [4.78, 5) is 44.0. The van der Waals surface area contributed by atoms with Gasteiger partial charge in [-0.15, -0.1) is 0 Å². The zero-order valence-corrected chi connectivity index (χ0v) is 29.5. The Hall–Kier alpha value is -4.60. The fraction of sp³-hybridized carbons (Fsp3) is 0.487. The van der Waals surface area contributed by atoms with E-state index in [0.29, 0.717) is 6.54 Å². The standard InChI is InChI=1S/C39H48N6O4/c1-38(2,3)48-36(46)43-29-10-7-9-28(29)34-41-30-19-17-26-21-25(16-18-27(26)33(30)44-34)23-12-14-24(15-13-23)31-22-40-35(42-31)32-11-8-20-45(32)37(47)49-39(4,5)6/h12-16,18,21-22,28-29,32H,7-11,17,19-20H2,1-6H3,(H,40,42)(H,41,44)(H,43,46)/t28-,29+,32?/m1/s1. The van der Waals surface area contributed by atoms with Crippen molar-refractivity contribution in [2.75, 3.05) is 6.54 Å². The van der Waals surface area contributed by atoms with Crippen LogP contribution in [0.5, 0.6) is 0 Å². The highest BCUT2D eigenvalue weighted by molar-refractivity contribution is 5.76. The smallest absolute Gasteiger partial charge is 0.410 e. The van der Waals surface area contributed by atoms with E-state index in [1.807, 2.05) is 47.7 Å². The number of ether oxygens (including phenoxy) is 2. The van der Waals surface area contributed by atoms with Gasteiger partial charge in [-0.05, 0) is 102 Å². The predicted octanol–water partition coefficient (Wildman–Crippen LogP) is 8.47.